The van der Waals surface area contributed by atoms with Gasteiger partial charge in [-0.05, 0) is 12.8 Å². The maximum Gasteiger partial charge on any atom is 0.223 e. The number of aliphatic hydroxyl groups is 1. The van der Waals surface area contributed by atoms with E-state index in [4.69, 9.17) is 10.8 Å². The molecule has 6 heteroatoms. The van der Waals surface area contributed by atoms with Crippen molar-refractivity contribution in [3.8, 4) is 0 Å². The van der Waals surface area contributed by atoms with Gasteiger partial charge in [0.1, 0.15) is 11.6 Å². The molecule has 0 radical (unpaired) electrons. The SMILES string of the molecule is CC.CNc1cc(N2CCCC2)nc(N)n1.CO. The van der Waals surface area contributed by atoms with Crippen LogP contribution in [-0.4, -0.2) is 42.3 Å². The van der Waals surface area contributed by atoms with Gasteiger partial charge in [-0.15, -0.1) is 0 Å². The highest BCUT2D eigenvalue weighted by atomic mass is 16.2. The summed E-state index contributed by atoms with van der Waals surface area (Å²) < 4.78 is 0. The largest absolute Gasteiger partial charge is 0.400 e. The molecule has 2 heterocycles. The second-order valence-corrected chi connectivity index (χ2v) is 3.41. The Morgan fingerprint density at radius 3 is 2.28 bits per heavy atom. The molecule has 4 N–H and O–H groups in total. The van der Waals surface area contributed by atoms with Crippen LogP contribution >= 0.6 is 0 Å². The fourth-order valence-corrected chi connectivity index (χ4v) is 1.69. The number of hydrogen-bond donors (Lipinski definition) is 3. The number of nitrogens with two attached hydrogens (primary N) is 1. The third-order valence-corrected chi connectivity index (χ3v) is 2.42. The second-order valence-electron chi connectivity index (χ2n) is 3.41. The van der Waals surface area contributed by atoms with Gasteiger partial charge in [0, 0.05) is 33.3 Å². The van der Waals surface area contributed by atoms with Gasteiger partial charge in [0.05, 0.1) is 0 Å². The van der Waals surface area contributed by atoms with Gasteiger partial charge in [0.15, 0.2) is 0 Å². The highest BCUT2D eigenvalue weighted by Gasteiger charge is 2.14. The minimum absolute atomic E-state index is 0.332. The molecule has 0 saturated carbocycles. The molecule has 1 fully saturated rings. The zero-order valence-corrected chi connectivity index (χ0v) is 11.8. The van der Waals surface area contributed by atoms with Gasteiger partial charge in [-0.1, -0.05) is 13.8 Å². The summed E-state index contributed by atoms with van der Waals surface area (Å²) >= 11 is 0. The third-order valence-electron chi connectivity index (χ3n) is 2.42. The van der Waals surface area contributed by atoms with Gasteiger partial charge >= 0.3 is 0 Å². The lowest BCUT2D eigenvalue weighted by Gasteiger charge is -2.16. The number of nitrogen functional groups attached to an aromatic ring is 1. The number of nitrogens with zero attached hydrogens (tertiary/aromatic N) is 3. The van der Waals surface area contributed by atoms with Crippen molar-refractivity contribution >= 4 is 17.6 Å². The molecule has 1 aromatic heterocycles. The van der Waals surface area contributed by atoms with Gasteiger partial charge in [0.25, 0.3) is 0 Å². The van der Waals surface area contributed by atoms with E-state index in [0.29, 0.717) is 5.95 Å². The summed E-state index contributed by atoms with van der Waals surface area (Å²) in [5.41, 5.74) is 5.61. The highest BCUT2D eigenvalue weighted by molar-refractivity contribution is 5.52. The molecule has 0 unspecified atom stereocenters. The van der Waals surface area contributed by atoms with Crippen LogP contribution in [0.2, 0.25) is 0 Å². The Labute approximate surface area is 109 Å². The maximum absolute atomic E-state index is 7.00. The number of aromatic nitrogens is 2. The van der Waals surface area contributed by atoms with Crippen molar-refractivity contribution in [3.63, 3.8) is 0 Å². The highest BCUT2D eigenvalue weighted by Crippen LogP contribution is 2.20. The lowest BCUT2D eigenvalue weighted by molar-refractivity contribution is 0.399. The predicted molar refractivity (Wildman–Crippen MR) is 76.9 cm³/mol. The van der Waals surface area contributed by atoms with Crippen molar-refractivity contribution in [2.24, 2.45) is 0 Å². The zero-order chi connectivity index (χ0) is 14.0. The van der Waals surface area contributed by atoms with Crippen molar-refractivity contribution < 1.29 is 5.11 Å². The smallest absolute Gasteiger partial charge is 0.223 e. The van der Waals surface area contributed by atoms with Crippen LogP contribution in [0.4, 0.5) is 17.6 Å². The molecule has 0 amide bonds. The van der Waals surface area contributed by atoms with Crippen LogP contribution in [0.5, 0.6) is 0 Å². The summed E-state index contributed by atoms with van der Waals surface area (Å²) in [7, 11) is 2.83. The lowest BCUT2D eigenvalue weighted by Crippen LogP contribution is -2.20. The number of anilines is 3. The molecule has 1 aromatic rings. The molecule has 2 rings (SSSR count). The van der Waals surface area contributed by atoms with Crippen molar-refractivity contribution in [3.05, 3.63) is 6.07 Å². The van der Waals surface area contributed by atoms with Crippen molar-refractivity contribution in [1.29, 1.82) is 0 Å². The Hall–Kier alpha value is -1.56. The molecule has 104 valence electrons. The van der Waals surface area contributed by atoms with Crippen LogP contribution in [0.15, 0.2) is 6.07 Å². The molecule has 0 aromatic carbocycles. The Morgan fingerprint density at radius 1 is 1.22 bits per heavy atom. The number of rotatable bonds is 2. The van der Waals surface area contributed by atoms with E-state index in [1.807, 2.05) is 27.0 Å². The number of nitrogens with one attached hydrogen (secondary N) is 1. The Kier molecular flexibility index (Phi) is 8.65. The van der Waals surface area contributed by atoms with Crippen molar-refractivity contribution in [2.75, 3.05) is 43.2 Å². The van der Waals surface area contributed by atoms with E-state index in [1.165, 1.54) is 12.8 Å². The molecule has 1 saturated heterocycles. The molecule has 0 aliphatic carbocycles. The number of aliphatic hydroxyl groups excluding tert-OH is 1. The van der Waals surface area contributed by atoms with E-state index in [1.54, 1.807) is 0 Å². The van der Waals surface area contributed by atoms with E-state index in [0.717, 1.165) is 31.8 Å². The predicted octanol–water partition coefficient (Wildman–Crippen LogP) is 1.34. The molecule has 18 heavy (non-hydrogen) atoms. The van der Waals surface area contributed by atoms with Gasteiger partial charge in [0.2, 0.25) is 5.95 Å². The van der Waals surface area contributed by atoms with Gasteiger partial charge < -0.3 is 21.1 Å². The standard InChI is InChI=1S/C9H15N5.C2H6.CH4O/c1-11-7-6-8(13-9(10)12-7)14-4-2-3-5-14;2*1-2/h6H,2-5H2,1H3,(H3,10,11,12,13);1-2H3;2H,1H3. The minimum atomic E-state index is 0.332. The molecule has 0 atom stereocenters. The molecule has 0 spiro atoms. The van der Waals surface area contributed by atoms with Crippen molar-refractivity contribution in [2.45, 2.75) is 26.7 Å². The molecule has 1 aliphatic heterocycles. The fourth-order valence-electron chi connectivity index (χ4n) is 1.69. The number of hydrogen-bond acceptors (Lipinski definition) is 6. The summed E-state index contributed by atoms with van der Waals surface area (Å²) in [5.74, 6) is 2.04. The first kappa shape index (κ1) is 16.4. The zero-order valence-electron chi connectivity index (χ0n) is 11.8. The Bertz CT molecular complexity index is 326. The maximum atomic E-state index is 7.00. The topological polar surface area (TPSA) is 87.3 Å². The molecular weight excluding hydrogens is 230 g/mol. The summed E-state index contributed by atoms with van der Waals surface area (Å²) in [6, 6.07) is 1.93. The van der Waals surface area contributed by atoms with E-state index >= 15 is 0 Å². The first-order chi connectivity index (χ1) is 8.79. The summed E-state index contributed by atoms with van der Waals surface area (Å²) in [6.45, 7) is 6.14. The molecule has 6 nitrogen and oxygen atoms in total. The van der Waals surface area contributed by atoms with Crippen LogP contribution in [0, 0.1) is 0 Å². The third kappa shape index (κ3) is 4.75. The summed E-state index contributed by atoms with van der Waals surface area (Å²) in [4.78, 5) is 10.5. The molecule has 1 aliphatic rings. The van der Waals surface area contributed by atoms with E-state index in [2.05, 4.69) is 20.2 Å². The Balaban J connectivity index is 0.000000659. The quantitative estimate of drug-likeness (QED) is 0.739. The van der Waals surface area contributed by atoms with Crippen LogP contribution in [0.25, 0.3) is 0 Å². The minimum Gasteiger partial charge on any atom is -0.400 e. The van der Waals surface area contributed by atoms with E-state index in [9.17, 15) is 0 Å². The average molecular weight is 255 g/mol. The Morgan fingerprint density at radius 2 is 1.78 bits per heavy atom. The lowest BCUT2D eigenvalue weighted by atomic mass is 10.4. The van der Waals surface area contributed by atoms with Gasteiger partial charge in [-0.2, -0.15) is 9.97 Å². The first-order valence-electron chi connectivity index (χ1n) is 6.31. The van der Waals surface area contributed by atoms with Crippen LogP contribution in [0.3, 0.4) is 0 Å². The van der Waals surface area contributed by atoms with Crippen LogP contribution < -0.4 is 16.0 Å². The summed E-state index contributed by atoms with van der Waals surface area (Å²) in [5, 5.41) is 9.97. The van der Waals surface area contributed by atoms with Crippen LogP contribution in [-0.2, 0) is 0 Å². The van der Waals surface area contributed by atoms with E-state index < -0.39 is 0 Å². The van der Waals surface area contributed by atoms with E-state index in [-0.39, 0.29) is 0 Å². The summed E-state index contributed by atoms with van der Waals surface area (Å²) in [6.07, 6.45) is 2.47. The monoisotopic (exact) mass is 255 g/mol. The first-order valence-corrected chi connectivity index (χ1v) is 6.31. The normalized spacial score (nSPS) is 13.1. The van der Waals surface area contributed by atoms with Crippen molar-refractivity contribution in [1.82, 2.24) is 9.97 Å². The second kappa shape index (κ2) is 9.47. The van der Waals surface area contributed by atoms with Gasteiger partial charge in [-0.3, -0.25) is 0 Å². The van der Waals surface area contributed by atoms with Gasteiger partial charge in [-0.25, -0.2) is 0 Å². The fraction of sp³-hybridized carbons (Fsp3) is 0.667. The average Bonchev–Trinajstić information content (AvgIpc) is 2.96. The van der Waals surface area contributed by atoms with Crippen LogP contribution in [0.1, 0.15) is 26.7 Å². The molecule has 0 bridgehead atoms. The molecular formula is C12H25N5O.